The number of phenols is 1. The number of nitrogens with zero attached hydrogens (tertiary/aromatic N) is 1. The molecule has 2 atom stereocenters. The van der Waals surface area contributed by atoms with E-state index < -0.39 is 6.17 Å². The first-order valence-electron chi connectivity index (χ1n) is 9.94. The van der Waals surface area contributed by atoms with Gasteiger partial charge in [0, 0.05) is 28.8 Å². The molecule has 0 saturated heterocycles. The molecule has 1 heterocycles. The molecule has 2 N–H and O–H groups in total. The molecule has 31 heavy (non-hydrogen) atoms. The summed E-state index contributed by atoms with van der Waals surface area (Å²) in [6.07, 6.45) is 0.139. The van der Waals surface area contributed by atoms with Gasteiger partial charge in [-0.15, -0.1) is 0 Å². The zero-order valence-electron chi connectivity index (χ0n) is 16.8. The Kier molecular flexibility index (Phi) is 6.60. The van der Waals surface area contributed by atoms with Crippen LogP contribution in [0, 0.1) is 5.82 Å². The lowest BCUT2D eigenvalue weighted by Crippen LogP contribution is -2.33. The van der Waals surface area contributed by atoms with Crippen LogP contribution in [0.3, 0.4) is 0 Å². The van der Waals surface area contributed by atoms with Crippen molar-refractivity contribution in [3.8, 4) is 11.5 Å². The maximum Gasteiger partial charge on any atom is 0.162 e. The van der Waals surface area contributed by atoms with E-state index in [0.717, 1.165) is 22.4 Å². The van der Waals surface area contributed by atoms with Crippen LogP contribution in [-0.4, -0.2) is 17.4 Å². The molecule has 0 bridgehead atoms. The molecular weight excluding hydrogens is 483 g/mol. The molecule has 0 amide bonds. The Morgan fingerprint density at radius 1 is 1.19 bits per heavy atom. The van der Waals surface area contributed by atoms with Crippen molar-refractivity contribution in [2.75, 3.05) is 6.61 Å². The molecule has 0 aromatic heterocycles. The summed E-state index contributed by atoms with van der Waals surface area (Å²) < 4.78 is 19.7. The first-order valence-corrected chi connectivity index (χ1v) is 11.1. The van der Waals surface area contributed by atoms with E-state index in [2.05, 4.69) is 21.2 Å². The number of rotatable bonds is 5. The summed E-state index contributed by atoms with van der Waals surface area (Å²) in [5, 5.41) is 15.0. The molecule has 0 saturated carbocycles. The Balaban J connectivity index is 1.76. The van der Waals surface area contributed by atoms with Gasteiger partial charge in [-0.3, -0.25) is 10.3 Å². The smallest absolute Gasteiger partial charge is 0.162 e. The summed E-state index contributed by atoms with van der Waals surface area (Å²) in [4.78, 5) is 4.89. The third-order valence-corrected chi connectivity index (χ3v) is 6.04. The number of halogens is 3. The largest absolute Gasteiger partial charge is 0.504 e. The average Bonchev–Trinajstić information content (AvgIpc) is 2.77. The summed E-state index contributed by atoms with van der Waals surface area (Å²) in [7, 11) is 0. The molecule has 1 aliphatic rings. The maximum absolute atomic E-state index is 13.8. The normalized spacial score (nSPS) is 18.5. The van der Waals surface area contributed by atoms with Crippen molar-refractivity contribution in [3.63, 3.8) is 0 Å². The van der Waals surface area contributed by atoms with Crippen LogP contribution < -0.4 is 10.1 Å². The Bertz CT molecular complexity index is 1120. The van der Waals surface area contributed by atoms with Gasteiger partial charge < -0.3 is 9.84 Å². The molecule has 160 valence electrons. The van der Waals surface area contributed by atoms with Crippen molar-refractivity contribution in [2.45, 2.75) is 25.6 Å². The highest BCUT2D eigenvalue weighted by atomic mass is 79.9. The lowest BCUT2D eigenvalue weighted by molar-refractivity contribution is 0.313. The van der Waals surface area contributed by atoms with Crippen molar-refractivity contribution >= 4 is 33.2 Å². The minimum Gasteiger partial charge on any atom is -0.504 e. The number of hydrogen-bond acceptors (Lipinski definition) is 4. The molecule has 7 heteroatoms. The summed E-state index contributed by atoms with van der Waals surface area (Å²) >= 11 is 9.32. The van der Waals surface area contributed by atoms with Gasteiger partial charge in [0.15, 0.2) is 11.5 Å². The van der Waals surface area contributed by atoms with Crippen molar-refractivity contribution in [1.29, 1.82) is 0 Å². The van der Waals surface area contributed by atoms with Gasteiger partial charge in [0.05, 0.1) is 11.1 Å². The molecule has 3 aromatic carbocycles. The Hall–Kier alpha value is -2.41. The van der Waals surface area contributed by atoms with Gasteiger partial charge >= 0.3 is 0 Å². The number of nitrogens with one attached hydrogen (secondary N) is 1. The fourth-order valence-corrected chi connectivity index (χ4v) is 4.19. The number of para-hydroxylation sites is 1. The van der Waals surface area contributed by atoms with E-state index >= 15 is 0 Å². The van der Waals surface area contributed by atoms with E-state index in [1.165, 1.54) is 6.07 Å². The average molecular weight is 504 g/mol. The highest BCUT2D eigenvalue weighted by molar-refractivity contribution is 9.10. The van der Waals surface area contributed by atoms with E-state index in [1.807, 2.05) is 43.3 Å². The predicted octanol–water partition coefficient (Wildman–Crippen LogP) is 6.57. The van der Waals surface area contributed by atoms with E-state index in [9.17, 15) is 9.50 Å². The lowest BCUT2D eigenvalue weighted by Gasteiger charge is -2.31. The summed E-state index contributed by atoms with van der Waals surface area (Å²) in [5.41, 5.74) is 3.35. The van der Waals surface area contributed by atoms with Crippen molar-refractivity contribution in [3.05, 3.63) is 92.7 Å². The number of benzene rings is 3. The number of phenolic OH excluding ortho intramolecular Hbond substituents is 1. The minimum atomic E-state index is -0.420. The van der Waals surface area contributed by atoms with Gasteiger partial charge in [-0.05, 0) is 64.3 Å². The van der Waals surface area contributed by atoms with Crippen LogP contribution in [0.2, 0.25) is 5.02 Å². The van der Waals surface area contributed by atoms with Crippen molar-refractivity contribution in [2.24, 2.45) is 4.99 Å². The van der Waals surface area contributed by atoms with Crippen LogP contribution in [0.15, 0.2) is 70.1 Å². The van der Waals surface area contributed by atoms with Crippen molar-refractivity contribution < 1.29 is 14.2 Å². The van der Waals surface area contributed by atoms with Crippen LogP contribution in [0.5, 0.6) is 11.5 Å². The third kappa shape index (κ3) is 4.76. The molecule has 1 aliphatic heterocycles. The Morgan fingerprint density at radius 2 is 1.97 bits per heavy atom. The second kappa shape index (κ2) is 9.39. The standard InChI is InChI=1S/C24H21BrClFN2O2/c1-2-31-22-5-3-4-17(23(22)30)21-13-20(14-6-9-16(26)10-7-14)28-24(29-21)15-8-11-19(27)18(25)12-15/h3-12,21,24,29-30H,2,13H2,1H3/t21-,24-/m1/s1. The Labute approximate surface area is 193 Å². The number of hydrogen-bond donors (Lipinski definition) is 2. The van der Waals surface area contributed by atoms with Crippen LogP contribution >= 0.6 is 27.5 Å². The minimum absolute atomic E-state index is 0.109. The molecule has 0 aliphatic carbocycles. The quantitative estimate of drug-likeness (QED) is 0.414. The van der Waals surface area contributed by atoms with E-state index in [4.69, 9.17) is 21.3 Å². The van der Waals surface area contributed by atoms with Crippen LogP contribution in [0.4, 0.5) is 4.39 Å². The number of aliphatic imine (C=N–C) groups is 1. The number of aromatic hydroxyl groups is 1. The van der Waals surface area contributed by atoms with Gasteiger partial charge in [0.25, 0.3) is 0 Å². The van der Waals surface area contributed by atoms with E-state index in [-0.39, 0.29) is 17.6 Å². The summed E-state index contributed by atoms with van der Waals surface area (Å²) in [6.45, 7) is 2.33. The van der Waals surface area contributed by atoms with Gasteiger partial charge in [0.1, 0.15) is 12.0 Å². The van der Waals surface area contributed by atoms with E-state index in [1.54, 1.807) is 18.2 Å². The molecular formula is C24H21BrClFN2O2. The molecule has 0 radical (unpaired) electrons. The second-order valence-corrected chi connectivity index (χ2v) is 8.50. The van der Waals surface area contributed by atoms with Crippen LogP contribution in [0.25, 0.3) is 0 Å². The van der Waals surface area contributed by atoms with Crippen molar-refractivity contribution in [1.82, 2.24) is 5.32 Å². The van der Waals surface area contributed by atoms with Gasteiger partial charge in [-0.1, -0.05) is 41.9 Å². The molecule has 0 fully saturated rings. The topological polar surface area (TPSA) is 53.8 Å². The zero-order chi connectivity index (χ0) is 22.0. The zero-order valence-corrected chi connectivity index (χ0v) is 19.1. The highest BCUT2D eigenvalue weighted by Crippen LogP contribution is 2.39. The summed E-state index contributed by atoms with van der Waals surface area (Å²) in [5.74, 6) is 0.219. The van der Waals surface area contributed by atoms with Crippen LogP contribution in [-0.2, 0) is 0 Å². The number of ether oxygens (including phenoxy) is 1. The molecule has 0 spiro atoms. The summed E-state index contributed by atoms with van der Waals surface area (Å²) in [6, 6.07) is 17.6. The first-order chi connectivity index (χ1) is 15.0. The van der Waals surface area contributed by atoms with Gasteiger partial charge in [-0.25, -0.2) is 4.39 Å². The maximum atomic E-state index is 13.8. The van der Waals surface area contributed by atoms with E-state index in [0.29, 0.717) is 28.3 Å². The van der Waals surface area contributed by atoms with Gasteiger partial charge in [0.2, 0.25) is 0 Å². The lowest BCUT2D eigenvalue weighted by atomic mass is 9.93. The third-order valence-electron chi connectivity index (χ3n) is 5.18. The highest BCUT2D eigenvalue weighted by Gasteiger charge is 2.29. The molecule has 4 rings (SSSR count). The molecule has 4 nitrogen and oxygen atoms in total. The second-order valence-electron chi connectivity index (χ2n) is 7.21. The fourth-order valence-electron chi connectivity index (χ4n) is 3.67. The monoisotopic (exact) mass is 502 g/mol. The van der Waals surface area contributed by atoms with Gasteiger partial charge in [-0.2, -0.15) is 0 Å². The Morgan fingerprint density at radius 3 is 2.68 bits per heavy atom. The fraction of sp³-hybridized carbons (Fsp3) is 0.208. The SMILES string of the molecule is CCOc1cccc([C@H]2CC(c3ccc(Cl)cc3)=N[C@@H](c3ccc(F)c(Br)c3)N2)c1O. The predicted molar refractivity (Wildman–Crippen MR) is 125 cm³/mol. The molecule has 3 aromatic rings. The first kappa shape index (κ1) is 21.8. The molecule has 0 unspecified atom stereocenters. The van der Waals surface area contributed by atoms with Crippen LogP contribution in [0.1, 0.15) is 42.2 Å².